The number of aromatic nitrogens is 2. The average Bonchev–Trinajstić information content (AvgIpc) is 2.71. The second-order valence-corrected chi connectivity index (χ2v) is 4.79. The lowest BCUT2D eigenvalue weighted by atomic mass is 9.88. The van der Waals surface area contributed by atoms with E-state index in [1.807, 2.05) is 20.8 Å². The van der Waals surface area contributed by atoms with Crippen LogP contribution >= 0.6 is 0 Å². The largest absolute Gasteiger partial charge is 0.481 e. The fourth-order valence-corrected chi connectivity index (χ4v) is 2.37. The van der Waals surface area contributed by atoms with Crippen LogP contribution in [0.5, 0.6) is 0 Å². The molecule has 4 heteroatoms. The molecular formula is C11H14N2O2. The number of rotatable bonds is 2. The van der Waals surface area contributed by atoms with Crippen molar-refractivity contribution < 1.29 is 9.90 Å². The molecule has 4 nitrogen and oxygen atoms in total. The Labute approximate surface area is 88.4 Å². The molecule has 1 aliphatic carbocycles. The van der Waals surface area contributed by atoms with Crippen molar-refractivity contribution in [2.24, 2.45) is 5.41 Å². The predicted octanol–water partition coefficient (Wildman–Crippen LogP) is 1.54. The van der Waals surface area contributed by atoms with Gasteiger partial charge in [-0.1, -0.05) is 13.8 Å². The second-order valence-electron chi connectivity index (χ2n) is 4.79. The Balaban J connectivity index is 2.55. The number of nitrogens with zero attached hydrogens (tertiary/aromatic N) is 2. The number of hydrogen-bond acceptors (Lipinski definition) is 3. The van der Waals surface area contributed by atoms with E-state index in [0.29, 0.717) is 6.42 Å². The molecule has 1 aliphatic rings. The molecule has 1 N–H and O–H groups in total. The molecule has 0 saturated heterocycles. The molecule has 2 rings (SSSR count). The van der Waals surface area contributed by atoms with Crippen molar-refractivity contribution in [1.82, 2.24) is 9.97 Å². The van der Waals surface area contributed by atoms with Gasteiger partial charge in [0.1, 0.15) is 11.7 Å². The Morgan fingerprint density at radius 3 is 2.53 bits per heavy atom. The first-order valence-corrected chi connectivity index (χ1v) is 4.92. The SMILES string of the molecule is Cc1ncncc1C1(C(=O)O)CC1(C)C. The fourth-order valence-electron chi connectivity index (χ4n) is 2.37. The van der Waals surface area contributed by atoms with Crippen LogP contribution in [0.15, 0.2) is 12.5 Å². The zero-order valence-electron chi connectivity index (χ0n) is 9.11. The van der Waals surface area contributed by atoms with Crippen molar-refractivity contribution in [3.8, 4) is 0 Å². The van der Waals surface area contributed by atoms with E-state index in [1.54, 1.807) is 6.20 Å². The summed E-state index contributed by atoms with van der Waals surface area (Å²) in [6.07, 6.45) is 3.73. The highest BCUT2D eigenvalue weighted by Crippen LogP contribution is 2.64. The van der Waals surface area contributed by atoms with E-state index in [9.17, 15) is 9.90 Å². The number of aliphatic carboxylic acids is 1. The first-order valence-electron chi connectivity index (χ1n) is 4.92. The highest BCUT2D eigenvalue weighted by molar-refractivity contribution is 5.87. The summed E-state index contributed by atoms with van der Waals surface area (Å²) < 4.78 is 0. The third-order valence-corrected chi connectivity index (χ3v) is 3.47. The minimum atomic E-state index is -0.779. The molecule has 0 spiro atoms. The molecule has 1 aromatic rings. The van der Waals surface area contributed by atoms with Gasteiger partial charge in [-0.25, -0.2) is 9.97 Å². The van der Waals surface area contributed by atoms with E-state index in [1.165, 1.54) is 6.33 Å². The first kappa shape index (κ1) is 10.1. The van der Waals surface area contributed by atoms with Crippen LogP contribution in [0.1, 0.15) is 31.5 Å². The van der Waals surface area contributed by atoms with Crippen LogP contribution in [0.2, 0.25) is 0 Å². The predicted molar refractivity (Wildman–Crippen MR) is 54.5 cm³/mol. The number of hydrogen-bond donors (Lipinski definition) is 1. The zero-order chi connectivity index (χ0) is 11.3. The molecule has 1 fully saturated rings. The van der Waals surface area contributed by atoms with E-state index >= 15 is 0 Å². The summed E-state index contributed by atoms with van der Waals surface area (Å²) in [5, 5.41) is 9.36. The number of carboxylic acids is 1. The van der Waals surface area contributed by atoms with Gasteiger partial charge in [0.25, 0.3) is 0 Å². The molecule has 80 valence electrons. The second kappa shape index (κ2) is 2.78. The Hall–Kier alpha value is -1.45. The summed E-state index contributed by atoms with van der Waals surface area (Å²) in [5.74, 6) is -0.773. The maximum atomic E-state index is 11.4. The molecule has 0 amide bonds. The van der Waals surface area contributed by atoms with Crippen molar-refractivity contribution in [3.63, 3.8) is 0 Å². The van der Waals surface area contributed by atoms with Crippen LogP contribution in [0, 0.1) is 12.3 Å². The normalized spacial score (nSPS) is 27.4. The molecule has 0 radical (unpaired) electrons. The van der Waals surface area contributed by atoms with Crippen LogP contribution in [0.25, 0.3) is 0 Å². The van der Waals surface area contributed by atoms with Gasteiger partial charge in [-0.2, -0.15) is 0 Å². The summed E-state index contributed by atoms with van der Waals surface area (Å²) in [7, 11) is 0. The van der Waals surface area contributed by atoms with Gasteiger partial charge in [0.05, 0.1) is 0 Å². The maximum absolute atomic E-state index is 11.4. The summed E-state index contributed by atoms with van der Waals surface area (Å²) in [6, 6.07) is 0. The van der Waals surface area contributed by atoms with Crippen molar-refractivity contribution >= 4 is 5.97 Å². The van der Waals surface area contributed by atoms with Crippen LogP contribution in [0.4, 0.5) is 0 Å². The number of carboxylic acid groups (broad SMARTS) is 1. The van der Waals surface area contributed by atoms with Crippen molar-refractivity contribution in [2.45, 2.75) is 32.6 Å². The molecule has 0 aromatic carbocycles. The van der Waals surface area contributed by atoms with Crippen LogP contribution < -0.4 is 0 Å². The quantitative estimate of drug-likeness (QED) is 0.797. The van der Waals surface area contributed by atoms with Crippen molar-refractivity contribution in [1.29, 1.82) is 0 Å². The average molecular weight is 206 g/mol. The molecule has 1 aromatic heterocycles. The minimum absolute atomic E-state index is 0.200. The smallest absolute Gasteiger partial charge is 0.314 e. The Morgan fingerprint density at radius 2 is 2.13 bits per heavy atom. The summed E-state index contributed by atoms with van der Waals surface area (Å²) >= 11 is 0. The molecule has 1 unspecified atom stereocenters. The fraction of sp³-hybridized carbons (Fsp3) is 0.545. The van der Waals surface area contributed by atoms with E-state index in [0.717, 1.165) is 11.3 Å². The lowest BCUT2D eigenvalue weighted by Gasteiger charge is -2.16. The lowest BCUT2D eigenvalue weighted by Crippen LogP contribution is -2.27. The van der Waals surface area contributed by atoms with Gasteiger partial charge in [0.2, 0.25) is 0 Å². The Bertz CT molecular complexity index is 428. The van der Waals surface area contributed by atoms with Gasteiger partial charge in [-0.05, 0) is 18.8 Å². The van der Waals surface area contributed by atoms with Gasteiger partial charge < -0.3 is 5.11 Å². The third kappa shape index (κ3) is 1.17. The minimum Gasteiger partial charge on any atom is -0.481 e. The maximum Gasteiger partial charge on any atom is 0.314 e. The summed E-state index contributed by atoms with van der Waals surface area (Å²) in [6.45, 7) is 5.76. The van der Waals surface area contributed by atoms with Gasteiger partial charge in [-0.3, -0.25) is 4.79 Å². The standard InChI is InChI=1S/C11H14N2O2/c1-7-8(4-12-6-13-7)11(9(14)15)5-10(11,2)3/h4,6H,5H2,1-3H3,(H,14,15). The topological polar surface area (TPSA) is 63.1 Å². The number of aryl methyl sites for hydroxylation is 1. The zero-order valence-corrected chi connectivity index (χ0v) is 9.11. The highest BCUT2D eigenvalue weighted by atomic mass is 16.4. The molecule has 15 heavy (non-hydrogen) atoms. The van der Waals surface area contributed by atoms with Gasteiger partial charge in [-0.15, -0.1) is 0 Å². The van der Waals surface area contributed by atoms with Crippen LogP contribution in [-0.4, -0.2) is 21.0 Å². The Morgan fingerprint density at radius 1 is 1.53 bits per heavy atom. The van der Waals surface area contributed by atoms with Crippen LogP contribution in [0.3, 0.4) is 0 Å². The molecule has 1 saturated carbocycles. The molecule has 1 heterocycles. The van der Waals surface area contributed by atoms with E-state index < -0.39 is 11.4 Å². The third-order valence-electron chi connectivity index (χ3n) is 3.47. The van der Waals surface area contributed by atoms with Gasteiger partial charge in [0, 0.05) is 17.5 Å². The van der Waals surface area contributed by atoms with Crippen molar-refractivity contribution in [3.05, 3.63) is 23.8 Å². The molecule has 0 aliphatic heterocycles. The van der Waals surface area contributed by atoms with E-state index in [2.05, 4.69) is 9.97 Å². The molecular weight excluding hydrogens is 192 g/mol. The number of carbonyl (C=O) groups is 1. The van der Waals surface area contributed by atoms with Gasteiger partial charge >= 0.3 is 5.97 Å². The molecule has 0 bridgehead atoms. The highest BCUT2D eigenvalue weighted by Gasteiger charge is 2.68. The van der Waals surface area contributed by atoms with Gasteiger partial charge in [0.15, 0.2) is 0 Å². The van der Waals surface area contributed by atoms with E-state index in [-0.39, 0.29) is 5.41 Å². The van der Waals surface area contributed by atoms with Crippen molar-refractivity contribution in [2.75, 3.05) is 0 Å². The first-order chi connectivity index (χ1) is 6.92. The Kier molecular flexibility index (Phi) is 1.87. The summed E-state index contributed by atoms with van der Waals surface area (Å²) in [4.78, 5) is 19.4. The van der Waals surface area contributed by atoms with E-state index in [4.69, 9.17) is 0 Å². The molecule has 1 atom stereocenters. The van der Waals surface area contributed by atoms with Crippen LogP contribution in [-0.2, 0) is 10.2 Å². The lowest BCUT2D eigenvalue weighted by molar-refractivity contribution is -0.141. The monoisotopic (exact) mass is 206 g/mol. The summed E-state index contributed by atoms with van der Waals surface area (Å²) in [5.41, 5.74) is 0.535.